The fourth-order valence-electron chi connectivity index (χ4n) is 2.86. The summed E-state index contributed by atoms with van der Waals surface area (Å²) in [7, 11) is 0. The number of rotatable bonds is 7. The van der Waals surface area contributed by atoms with Gasteiger partial charge in [0, 0.05) is 43.7 Å². The third kappa shape index (κ3) is 6.07. The SMILES string of the molecule is O=C(NCCc1ccccn1)NCc1cccc(NC(=O)C2CCCO2)c1. The van der Waals surface area contributed by atoms with Crippen LogP contribution in [0.2, 0.25) is 0 Å². The standard InChI is InChI=1S/C20H24N4O3/c25-19(18-8-4-12-27-18)24-17-7-3-5-15(13-17)14-23-20(26)22-11-9-16-6-1-2-10-21-16/h1-3,5-7,10,13,18H,4,8-9,11-12,14H2,(H,24,25)(H2,22,23,26). The summed E-state index contributed by atoms with van der Waals surface area (Å²) in [5.41, 5.74) is 2.54. The van der Waals surface area contributed by atoms with Crippen LogP contribution in [0.4, 0.5) is 10.5 Å². The molecule has 7 heteroatoms. The molecule has 3 amide bonds. The Morgan fingerprint density at radius 2 is 2.07 bits per heavy atom. The number of pyridine rings is 1. The average molecular weight is 368 g/mol. The highest BCUT2D eigenvalue weighted by Gasteiger charge is 2.23. The lowest BCUT2D eigenvalue weighted by Gasteiger charge is -2.12. The van der Waals surface area contributed by atoms with Crippen LogP contribution in [-0.4, -0.2) is 36.2 Å². The number of carbonyl (C=O) groups is 2. The smallest absolute Gasteiger partial charge is 0.315 e. The maximum atomic E-state index is 12.1. The zero-order chi connectivity index (χ0) is 18.9. The normalized spacial score (nSPS) is 15.9. The first kappa shape index (κ1) is 18.8. The lowest BCUT2D eigenvalue weighted by atomic mass is 10.2. The van der Waals surface area contributed by atoms with Crippen LogP contribution in [0.15, 0.2) is 48.7 Å². The number of hydrogen-bond acceptors (Lipinski definition) is 4. The molecule has 1 atom stereocenters. The number of carbonyl (C=O) groups excluding carboxylic acids is 2. The number of nitrogens with one attached hydrogen (secondary N) is 3. The van der Waals surface area contributed by atoms with Crippen molar-refractivity contribution >= 4 is 17.6 Å². The number of ether oxygens (including phenoxy) is 1. The molecule has 2 heterocycles. The van der Waals surface area contributed by atoms with Gasteiger partial charge in [0.05, 0.1) is 0 Å². The van der Waals surface area contributed by atoms with Crippen molar-refractivity contribution in [3.05, 3.63) is 59.9 Å². The predicted octanol–water partition coefficient (Wildman–Crippen LogP) is 2.24. The number of aromatic nitrogens is 1. The topological polar surface area (TPSA) is 92.4 Å². The summed E-state index contributed by atoms with van der Waals surface area (Å²) < 4.78 is 5.38. The van der Waals surface area contributed by atoms with E-state index in [1.54, 1.807) is 6.20 Å². The molecular weight excluding hydrogens is 344 g/mol. The first-order chi connectivity index (χ1) is 13.2. The van der Waals surface area contributed by atoms with E-state index in [0.29, 0.717) is 31.8 Å². The van der Waals surface area contributed by atoms with Gasteiger partial charge in [-0.15, -0.1) is 0 Å². The van der Waals surface area contributed by atoms with Crippen LogP contribution in [0.5, 0.6) is 0 Å². The molecule has 0 aliphatic carbocycles. The Morgan fingerprint density at radius 1 is 1.15 bits per heavy atom. The Morgan fingerprint density at radius 3 is 2.85 bits per heavy atom. The lowest BCUT2D eigenvalue weighted by molar-refractivity contribution is -0.124. The zero-order valence-electron chi connectivity index (χ0n) is 15.1. The van der Waals surface area contributed by atoms with E-state index in [2.05, 4.69) is 20.9 Å². The Hall–Kier alpha value is -2.93. The van der Waals surface area contributed by atoms with E-state index in [0.717, 1.165) is 24.1 Å². The highest BCUT2D eigenvalue weighted by atomic mass is 16.5. The number of amides is 3. The van der Waals surface area contributed by atoms with Crippen molar-refractivity contribution in [3.8, 4) is 0 Å². The van der Waals surface area contributed by atoms with Gasteiger partial charge in [0.2, 0.25) is 0 Å². The number of benzene rings is 1. The van der Waals surface area contributed by atoms with Crippen LogP contribution in [0.3, 0.4) is 0 Å². The lowest BCUT2D eigenvalue weighted by Crippen LogP contribution is -2.36. The van der Waals surface area contributed by atoms with Crippen molar-refractivity contribution in [3.63, 3.8) is 0 Å². The molecule has 1 aliphatic rings. The van der Waals surface area contributed by atoms with E-state index in [9.17, 15) is 9.59 Å². The molecule has 1 aliphatic heterocycles. The van der Waals surface area contributed by atoms with Gasteiger partial charge in [0.15, 0.2) is 0 Å². The molecule has 1 unspecified atom stereocenters. The number of urea groups is 1. The van der Waals surface area contributed by atoms with Gasteiger partial charge in [0.1, 0.15) is 6.10 Å². The van der Waals surface area contributed by atoms with Crippen molar-refractivity contribution in [2.45, 2.75) is 31.9 Å². The molecular formula is C20H24N4O3. The summed E-state index contributed by atoms with van der Waals surface area (Å²) in [4.78, 5) is 28.2. The van der Waals surface area contributed by atoms with Gasteiger partial charge < -0.3 is 20.7 Å². The summed E-state index contributed by atoms with van der Waals surface area (Å²) >= 11 is 0. The minimum Gasteiger partial charge on any atom is -0.368 e. The molecule has 3 N–H and O–H groups in total. The van der Waals surface area contributed by atoms with Crippen LogP contribution >= 0.6 is 0 Å². The van der Waals surface area contributed by atoms with Crippen molar-refractivity contribution in [2.75, 3.05) is 18.5 Å². The Labute approximate surface area is 158 Å². The van der Waals surface area contributed by atoms with E-state index in [4.69, 9.17) is 4.74 Å². The van der Waals surface area contributed by atoms with Crippen molar-refractivity contribution < 1.29 is 14.3 Å². The van der Waals surface area contributed by atoms with Gasteiger partial charge in [-0.3, -0.25) is 9.78 Å². The minimum absolute atomic E-state index is 0.120. The average Bonchev–Trinajstić information content (AvgIpc) is 3.23. The second-order valence-electron chi connectivity index (χ2n) is 6.37. The van der Waals surface area contributed by atoms with Crippen LogP contribution in [0, 0.1) is 0 Å². The van der Waals surface area contributed by atoms with Crippen LogP contribution < -0.4 is 16.0 Å². The molecule has 2 aromatic rings. The summed E-state index contributed by atoms with van der Waals surface area (Å²) in [5, 5.41) is 8.49. The Balaban J connectivity index is 1.41. The van der Waals surface area contributed by atoms with Gasteiger partial charge >= 0.3 is 6.03 Å². The largest absolute Gasteiger partial charge is 0.368 e. The quantitative estimate of drug-likeness (QED) is 0.699. The maximum Gasteiger partial charge on any atom is 0.315 e. The monoisotopic (exact) mass is 368 g/mol. The Kier molecular flexibility index (Phi) is 6.76. The van der Waals surface area contributed by atoms with Gasteiger partial charge in [-0.05, 0) is 42.7 Å². The molecule has 0 bridgehead atoms. The van der Waals surface area contributed by atoms with E-state index in [1.165, 1.54) is 0 Å². The van der Waals surface area contributed by atoms with Gasteiger partial charge in [-0.2, -0.15) is 0 Å². The number of anilines is 1. The first-order valence-corrected chi connectivity index (χ1v) is 9.14. The Bertz CT molecular complexity index is 761. The van der Waals surface area contributed by atoms with Crippen molar-refractivity contribution in [1.29, 1.82) is 0 Å². The molecule has 1 aromatic heterocycles. The van der Waals surface area contributed by atoms with Crippen LogP contribution in [0.25, 0.3) is 0 Å². The van der Waals surface area contributed by atoms with Gasteiger partial charge in [-0.1, -0.05) is 18.2 Å². The fourth-order valence-corrected chi connectivity index (χ4v) is 2.86. The maximum absolute atomic E-state index is 12.1. The molecule has 0 spiro atoms. The summed E-state index contributed by atoms with van der Waals surface area (Å²) in [5.74, 6) is -0.120. The van der Waals surface area contributed by atoms with E-state index in [1.807, 2.05) is 42.5 Å². The molecule has 1 aromatic carbocycles. The molecule has 7 nitrogen and oxygen atoms in total. The highest BCUT2D eigenvalue weighted by molar-refractivity contribution is 5.94. The van der Waals surface area contributed by atoms with Crippen LogP contribution in [0.1, 0.15) is 24.1 Å². The van der Waals surface area contributed by atoms with E-state index >= 15 is 0 Å². The third-order valence-corrected chi connectivity index (χ3v) is 4.26. The molecule has 27 heavy (non-hydrogen) atoms. The second kappa shape index (κ2) is 9.68. The summed E-state index contributed by atoms with van der Waals surface area (Å²) in [6.07, 6.45) is 3.72. The summed E-state index contributed by atoms with van der Waals surface area (Å²) in [6.45, 7) is 1.52. The molecule has 1 saturated heterocycles. The predicted molar refractivity (Wildman–Crippen MR) is 102 cm³/mol. The third-order valence-electron chi connectivity index (χ3n) is 4.26. The zero-order valence-corrected chi connectivity index (χ0v) is 15.1. The molecule has 0 radical (unpaired) electrons. The summed E-state index contributed by atoms with van der Waals surface area (Å²) in [6, 6.07) is 12.9. The second-order valence-corrected chi connectivity index (χ2v) is 6.37. The van der Waals surface area contributed by atoms with Gasteiger partial charge in [0.25, 0.3) is 5.91 Å². The van der Waals surface area contributed by atoms with Crippen LogP contribution in [-0.2, 0) is 22.5 Å². The first-order valence-electron chi connectivity index (χ1n) is 9.14. The fraction of sp³-hybridized carbons (Fsp3) is 0.350. The molecule has 0 saturated carbocycles. The highest BCUT2D eigenvalue weighted by Crippen LogP contribution is 2.16. The van der Waals surface area contributed by atoms with Crippen molar-refractivity contribution in [2.24, 2.45) is 0 Å². The molecule has 3 rings (SSSR count). The van der Waals surface area contributed by atoms with E-state index < -0.39 is 0 Å². The number of hydrogen-bond donors (Lipinski definition) is 3. The molecule has 1 fully saturated rings. The van der Waals surface area contributed by atoms with Crippen molar-refractivity contribution in [1.82, 2.24) is 15.6 Å². The minimum atomic E-state index is -0.364. The number of nitrogens with zero attached hydrogens (tertiary/aromatic N) is 1. The van der Waals surface area contributed by atoms with E-state index in [-0.39, 0.29) is 18.0 Å². The molecule has 142 valence electrons. The van der Waals surface area contributed by atoms with Gasteiger partial charge in [-0.25, -0.2) is 4.79 Å².